The van der Waals surface area contributed by atoms with Crippen molar-refractivity contribution in [3.05, 3.63) is 44.8 Å². The maximum atomic E-state index is 2.35. The molecule has 0 amide bonds. The van der Waals surface area contributed by atoms with Crippen LogP contribution in [0.3, 0.4) is 0 Å². The summed E-state index contributed by atoms with van der Waals surface area (Å²) in [5, 5.41) is 4.49. The van der Waals surface area contributed by atoms with E-state index in [1.807, 2.05) is 22.7 Å². The summed E-state index contributed by atoms with van der Waals surface area (Å²) in [6.45, 7) is 0. The van der Waals surface area contributed by atoms with E-state index in [1.54, 1.807) is 9.75 Å². The van der Waals surface area contributed by atoms with Gasteiger partial charge in [-0.05, 0) is 72.2 Å². The SMILES string of the molecule is c1csc(CC(Cc2cccs2)(CC2CC2)C2CC2)c1. The molecule has 106 valence electrons. The highest BCUT2D eigenvalue weighted by atomic mass is 32.1. The Hall–Kier alpha value is -0.600. The molecule has 2 aromatic rings. The van der Waals surface area contributed by atoms with Crippen molar-refractivity contribution in [1.82, 2.24) is 0 Å². The van der Waals surface area contributed by atoms with E-state index in [-0.39, 0.29) is 0 Å². The largest absolute Gasteiger partial charge is 0.149 e. The average molecular weight is 303 g/mol. The molecular weight excluding hydrogens is 280 g/mol. The lowest BCUT2D eigenvalue weighted by Crippen LogP contribution is -2.29. The van der Waals surface area contributed by atoms with Gasteiger partial charge in [-0.1, -0.05) is 25.0 Å². The van der Waals surface area contributed by atoms with Crippen LogP contribution in [-0.2, 0) is 12.8 Å². The Morgan fingerprint density at radius 2 is 1.50 bits per heavy atom. The number of hydrogen-bond donors (Lipinski definition) is 0. The van der Waals surface area contributed by atoms with Crippen LogP contribution in [0.25, 0.3) is 0 Å². The fourth-order valence-corrected chi connectivity index (χ4v) is 5.49. The van der Waals surface area contributed by atoms with E-state index in [9.17, 15) is 0 Å². The van der Waals surface area contributed by atoms with E-state index in [0.717, 1.165) is 11.8 Å². The molecule has 2 heterocycles. The van der Waals surface area contributed by atoms with Crippen LogP contribution in [0.4, 0.5) is 0 Å². The minimum atomic E-state index is 0.566. The minimum absolute atomic E-state index is 0.566. The van der Waals surface area contributed by atoms with Crippen molar-refractivity contribution in [2.75, 3.05) is 0 Å². The van der Waals surface area contributed by atoms with Crippen molar-refractivity contribution in [3.8, 4) is 0 Å². The Morgan fingerprint density at radius 1 is 0.900 bits per heavy atom. The van der Waals surface area contributed by atoms with Crippen LogP contribution >= 0.6 is 22.7 Å². The molecule has 2 saturated carbocycles. The molecule has 0 nitrogen and oxygen atoms in total. The third-order valence-electron chi connectivity index (χ3n) is 5.05. The Bertz CT molecular complexity index is 494. The molecule has 2 aromatic heterocycles. The van der Waals surface area contributed by atoms with E-state index < -0.39 is 0 Å². The molecule has 0 aromatic carbocycles. The van der Waals surface area contributed by atoms with Crippen LogP contribution in [0.1, 0.15) is 41.9 Å². The Balaban J connectivity index is 1.61. The van der Waals surface area contributed by atoms with Gasteiger partial charge in [0, 0.05) is 9.75 Å². The summed E-state index contributed by atoms with van der Waals surface area (Å²) in [7, 11) is 0. The molecule has 0 N–H and O–H groups in total. The highest BCUT2D eigenvalue weighted by Gasteiger charge is 2.47. The summed E-state index contributed by atoms with van der Waals surface area (Å²) < 4.78 is 0. The van der Waals surface area contributed by atoms with Crippen LogP contribution in [0.2, 0.25) is 0 Å². The van der Waals surface area contributed by atoms with Gasteiger partial charge in [0.2, 0.25) is 0 Å². The van der Waals surface area contributed by atoms with E-state index >= 15 is 0 Å². The van der Waals surface area contributed by atoms with E-state index in [2.05, 4.69) is 35.0 Å². The topological polar surface area (TPSA) is 0 Å². The molecular formula is C18H22S2. The molecule has 2 fully saturated rings. The number of rotatable bonds is 7. The minimum Gasteiger partial charge on any atom is -0.149 e. The lowest BCUT2D eigenvalue weighted by molar-refractivity contribution is 0.202. The van der Waals surface area contributed by atoms with Crippen molar-refractivity contribution < 1.29 is 0 Å². The predicted molar refractivity (Wildman–Crippen MR) is 88.5 cm³/mol. The Morgan fingerprint density at radius 3 is 1.90 bits per heavy atom. The highest BCUT2D eigenvalue weighted by molar-refractivity contribution is 7.10. The third kappa shape index (κ3) is 2.87. The van der Waals surface area contributed by atoms with Crippen molar-refractivity contribution in [2.45, 2.75) is 44.9 Å². The van der Waals surface area contributed by atoms with Gasteiger partial charge >= 0.3 is 0 Å². The summed E-state index contributed by atoms with van der Waals surface area (Å²) >= 11 is 3.92. The first-order valence-electron chi connectivity index (χ1n) is 7.89. The van der Waals surface area contributed by atoms with Gasteiger partial charge in [-0.3, -0.25) is 0 Å². The first kappa shape index (κ1) is 13.1. The fourth-order valence-electron chi connectivity index (χ4n) is 3.78. The molecule has 0 atom stereocenters. The zero-order valence-electron chi connectivity index (χ0n) is 11.9. The summed E-state index contributed by atoms with van der Waals surface area (Å²) in [5.74, 6) is 2.03. The molecule has 4 rings (SSSR count). The molecule has 2 heteroatoms. The quantitative estimate of drug-likeness (QED) is 0.607. The van der Waals surface area contributed by atoms with Crippen LogP contribution in [0, 0.1) is 17.3 Å². The molecule has 2 aliphatic rings. The maximum Gasteiger partial charge on any atom is 0.00509 e. The van der Waals surface area contributed by atoms with Gasteiger partial charge in [0.15, 0.2) is 0 Å². The van der Waals surface area contributed by atoms with Crippen LogP contribution in [-0.4, -0.2) is 0 Å². The fraction of sp³-hybridized carbons (Fsp3) is 0.556. The van der Waals surface area contributed by atoms with Crippen molar-refractivity contribution in [1.29, 1.82) is 0 Å². The van der Waals surface area contributed by atoms with Crippen molar-refractivity contribution >= 4 is 22.7 Å². The number of hydrogen-bond acceptors (Lipinski definition) is 2. The highest BCUT2D eigenvalue weighted by Crippen LogP contribution is 2.56. The zero-order valence-corrected chi connectivity index (χ0v) is 13.5. The Labute approximate surface area is 129 Å². The first-order chi connectivity index (χ1) is 9.84. The van der Waals surface area contributed by atoms with Gasteiger partial charge in [-0.15, -0.1) is 22.7 Å². The lowest BCUT2D eigenvalue weighted by Gasteiger charge is -2.34. The average Bonchev–Trinajstić information content (AvgIpc) is 3.35. The summed E-state index contributed by atoms with van der Waals surface area (Å²) in [5.41, 5.74) is 0.566. The molecule has 0 aliphatic heterocycles. The van der Waals surface area contributed by atoms with E-state index in [0.29, 0.717) is 5.41 Å². The molecule has 2 aliphatic carbocycles. The normalized spacial score (nSPS) is 19.4. The Kier molecular flexibility index (Phi) is 3.47. The second-order valence-electron chi connectivity index (χ2n) is 6.80. The summed E-state index contributed by atoms with van der Waals surface area (Å²) in [6, 6.07) is 9.14. The molecule has 0 saturated heterocycles. The van der Waals surface area contributed by atoms with Crippen molar-refractivity contribution in [3.63, 3.8) is 0 Å². The standard InChI is InChI=1S/C18H22S2/c1-3-16(19-9-1)12-18(15-7-8-15,11-14-5-6-14)13-17-4-2-10-20-17/h1-4,9-10,14-15H,5-8,11-13H2. The van der Waals surface area contributed by atoms with Gasteiger partial charge in [-0.25, -0.2) is 0 Å². The summed E-state index contributed by atoms with van der Waals surface area (Å²) in [6.07, 6.45) is 10.1. The van der Waals surface area contributed by atoms with Gasteiger partial charge < -0.3 is 0 Å². The lowest BCUT2D eigenvalue weighted by atomic mass is 9.71. The van der Waals surface area contributed by atoms with Crippen molar-refractivity contribution in [2.24, 2.45) is 17.3 Å². The second-order valence-corrected chi connectivity index (χ2v) is 8.86. The predicted octanol–water partition coefficient (Wildman–Crippen LogP) is 5.79. The number of thiophene rings is 2. The van der Waals surface area contributed by atoms with Crippen LogP contribution < -0.4 is 0 Å². The molecule has 0 radical (unpaired) electrons. The van der Waals surface area contributed by atoms with Crippen LogP contribution in [0.15, 0.2) is 35.0 Å². The molecule has 0 spiro atoms. The monoisotopic (exact) mass is 302 g/mol. The first-order valence-corrected chi connectivity index (χ1v) is 9.65. The van der Waals surface area contributed by atoms with E-state index in [4.69, 9.17) is 0 Å². The molecule has 0 bridgehead atoms. The zero-order chi connectivity index (χ0) is 13.4. The molecule has 0 unspecified atom stereocenters. The van der Waals surface area contributed by atoms with E-state index in [1.165, 1.54) is 44.9 Å². The maximum absolute atomic E-state index is 2.35. The van der Waals surface area contributed by atoms with Gasteiger partial charge in [0.05, 0.1) is 0 Å². The second kappa shape index (κ2) is 5.31. The third-order valence-corrected chi connectivity index (χ3v) is 6.80. The van der Waals surface area contributed by atoms with Gasteiger partial charge in [0.25, 0.3) is 0 Å². The smallest absolute Gasteiger partial charge is 0.00509 e. The summed E-state index contributed by atoms with van der Waals surface area (Å²) in [4.78, 5) is 3.21. The van der Waals surface area contributed by atoms with Gasteiger partial charge in [-0.2, -0.15) is 0 Å². The van der Waals surface area contributed by atoms with Gasteiger partial charge in [0.1, 0.15) is 0 Å². The molecule has 20 heavy (non-hydrogen) atoms. The van der Waals surface area contributed by atoms with Crippen LogP contribution in [0.5, 0.6) is 0 Å².